The van der Waals surface area contributed by atoms with Crippen molar-refractivity contribution in [3.05, 3.63) is 22.3 Å². The molecule has 60 valence electrons. The first-order valence-electron chi connectivity index (χ1n) is 2.53. The second kappa shape index (κ2) is 3.49. The van der Waals surface area contributed by atoms with Crippen molar-refractivity contribution in [3.8, 4) is 0 Å². The molecule has 0 bridgehead atoms. The Morgan fingerprint density at radius 2 is 2.18 bits per heavy atom. The quantitative estimate of drug-likeness (QED) is 0.724. The van der Waals surface area contributed by atoms with Crippen LogP contribution in [0, 0.1) is 0 Å². The Kier molecular flexibility index (Phi) is 2.84. The van der Waals surface area contributed by atoms with Gasteiger partial charge in [0.25, 0.3) is 0 Å². The summed E-state index contributed by atoms with van der Waals surface area (Å²) in [6.07, 6.45) is 1.26. The van der Waals surface area contributed by atoms with Gasteiger partial charge >= 0.3 is 0 Å². The molecule has 1 unspecified atom stereocenters. The molecule has 0 radical (unpaired) electrons. The third kappa shape index (κ3) is 2.13. The SMILES string of the molecule is O=S(O)c1ncc(Cl)cc1Cl. The Balaban J connectivity index is 3.20. The summed E-state index contributed by atoms with van der Waals surface area (Å²) >= 11 is 8.87. The summed E-state index contributed by atoms with van der Waals surface area (Å²) in [5.74, 6) is 0. The van der Waals surface area contributed by atoms with Gasteiger partial charge in [0.1, 0.15) is 0 Å². The van der Waals surface area contributed by atoms with Crippen LogP contribution >= 0.6 is 23.2 Å². The lowest BCUT2D eigenvalue weighted by Gasteiger charge is -1.96. The number of rotatable bonds is 1. The average molecular weight is 212 g/mol. The highest BCUT2D eigenvalue weighted by atomic mass is 35.5. The lowest BCUT2D eigenvalue weighted by atomic mass is 10.5. The van der Waals surface area contributed by atoms with Crippen molar-refractivity contribution in [2.75, 3.05) is 0 Å². The molecule has 0 amide bonds. The van der Waals surface area contributed by atoms with Crippen molar-refractivity contribution in [1.82, 2.24) is 4.98 Å². The zero-order valence-corrected chi connectivity index (χ0v) is 7.45. The Morgan fingerprint density at radius 3 is 2.64 bits per heavy atom. The molecule has 0 aliphatic rings. The number of nitrogens with zero attached hydrogens (tertiary/aromatic N) is 1. The van der Waals surface area contributed by atoms with Crippen molar-refractivity contribution in [2.24, 2.45) is 0 Å². The van der Waals surface area contributed by atoms with Gasteiger partial charge in [-0.1, -0.05) is 23.2 Å². The minimum Gasteiger partial charge on any atom is -0.301 e. The van der Waals surface area contributed by atoms with Crippen LogP contribution in [0.5, 0.6) is 0 Å². The molecule has 11 heavy (non-hydrogen) atoms. The van der Waals surface area contributed by atoms with Crippen molar-refractivity contribution < 1.29 is 8.76 Å². The van der Waals surface area contributed by atoms with Gasteiger partial charge in [0, 0.05) is 6.20 Å². The lowest BCUT2D eigenvalue weighted by molar-refractivity contribution is 0.560. The predicted molar refractivity (Wildman–Crippen MR) is 43.3 cm³/mol. The molecular formula is C5H3Cl2NO2S. The number of hydrogen-bond donors (Lipinski definition) is 1. The minimum absolute atomic E-state index is 0.0731. The van der Waals surface area contributed by atoms with Gasteiger partial charge in [0.05, 0.1) is 10.0 Å². The molecule has 1 N–H and O–H groups in total. The third-order valence-corrected chi connectivity index (χ3v) is 2.20. The van der Waals surface area contributed by atoms with Gasteiger partial charge in [0.15, 0.2) is 5.03 Å². The monoisotopic (exact) mass is 211 g/mol. The highest BCUT2D eigenvalue weighted by molar-refractivity contribution is 7.79. The molecule has 0 saturated heterocycles. The largest absolute Gasteiger partial charge is 0.301 e. The summed E-state index contributed by atoms with van der Waals surface area (Å²) in [7, 11) is 0. The second-order valence-electron chi connectivity index (χ2n) is 1.69. The Labute approximate surface area is 75.6 Å². The Bertz CT molecular complexity index is 305. The van der Waals surface area contributed by atoms with Gasteiger partial charge < -0.3 is 4.55 Å². The van der Waals surface area contributed by atoms with E-state index in [2.05, 4.69) is 4.98 Å². The summed E-state index contributed by atoms with van der Waals surface area (Å²) in [6, 6.07) is 1.36. The zero-order valence-electron chi connectivity index (χ0n) is 5.12. The Morgan fingerprint density at radius 1 is 1.55 bits per heavy atom. The molecule has 0 saturated carbocycles. The van der Waals surface area contributed by atoms with E-state index in [0.717, 1.165) is 0 Å². The summed E-state index contributed by atoms with van der Waals surface area (Å²) in [4.78, 5) is 3.56. The summed E-state index contributed by atoms with van der Waals surface area (Å²) < 4.78 is 19.0. The maximum absolute atomic E-state index is 10.5. The minimum atomic E-state index is -2.15. The van der Waals surface area contributed by atoms with Crippen LogP contribution in [-0.2, 0) is 11.1 Å². The number of halogens is 2. The normalized spacial score (nSPS) is 13.0. The standard InChI is InChI=1S/C5H3Cl2NO2S/c6-3-1-4(7)5(8-2-3)11(9)10/h1-2H,(H,9,10). The second-order valence-corrected chi connectivity index (χ2v) is 3.42. The van der Waals surface area contributed by atoms with E-state index < -0.39 is 11.1 Å². The molecule has 3 nitrogen and oxygen atoms in total. The fourth-order valence-corrected chi connectivity index (χ4v) is 1.48. The molecule has 0 fully saturated rings. The van der Waals surface area contributed by atoms with Crippen molar-refractivity contribution in [3.63, 3.8) is 0 Å². The molecule has 0 aromatic carbocycles. The molecule has 0 aliphatic heterocycles. The van der Waals surface area contributed by atoms with Crippen molar-refractivity contribution in [1.29, 1.82) is 0 Å². The molecule has 1 rings (SSSR count). The smallest absolute Gasteiger partial charge is 0.207 e. The molecule has 1 aromatic rings. The van der Waals surface area contributed by atoms with Crippen LogP contribution in [0.15, 0.2) is 17.3 Å². The van der Waals surface area contributed by atoms with E-state index >= 15 is 0 Å². The van der Waals surface area contributed by atoms with Gasteiger partial charge in [0.2, 0.25) is 11.1 Å². The molecule has 1 heterocycles. The summed E-state index contributed by atoms with van der Waals surface area (Å²) in [5.41, 5.74) is 0. The molecule has 1 aromatic heterocycles. The van der Waals surface area contributed by atoms with E-state index in [1.165, 1.54) is 12.3 Å². The maximum Gasteiger partial charge on any atom is 0.207 e. The van der Waals surface area contributed by atoms with Crippen LogP contribution in [-0.4, -0.2) is 13.7 Å². The van der Waals surface area contributed by atoms with Crippen LogP contribution in [0.4, 0.5) is 0 Å². The summed E-state index contributed by atoms with van der Waals surface area (Å²) in [5, 5.41) is 0.360. The molecule has 1 atom stereocenters. The predicted octanol–water partition coefficient (Wildman–Crippen LogP) is 1.97. The van der Waals surface area contributed by atoms with Crippen LogP contribution < -0.4 is 0 Å². The Hall–Kier alpha value is -0.160. The molecule has 0 aliphatic carbocycles. The van der Waals surface area contributed by atoms with E-state index in [9.17, 15) is 4.21 Å². The molecule has 6 heteroatoms. The fraction of sp³-hybridized carbons (Fsp3) is 0. The zero-order chi connectivity index (χ0) is 8.43. The first-order valence-corrected chi connectivity index (χ1v) is 4.39. The third-order valence-electron chi connectivity index (χ3n) is 0.939. The van der Waals surface area contributed by atoms with Crippen LogP contribution in [0.3, 0.4) is 0 Å². The van der Waals surface area contributed by atoms with Gasteiger partial charge in [-0.15, -0.1) is 0 Å². The van der Waals surface area contributed by atoms with Crippen LogP contribution in [0.2, 0.25) is 10.0 Å². The maximum atomic E-state index is 10.5. The number of hydrogen-bond acceptors (Lipinski definition) is 2. The van der Waals surface area contributed by atoms with Crippen molar-refractivity contribution in [2.45, 2.75) is 5.03 Å². The van der Waals surface area contributed by atoms with E-state index in [0.29, 0.717) is 5.02 Å². The topological polar surface area (TPSA) is 50.2 Å². The van der Waals surface area contributed by atoms with Gasteiger partial charge in [-0.05, 0) is 6.07 Å². The van der Waals surface area contributed by atoms with Gasteiger partial charge in [-0.25, -0.2) is 9.19 Å². The van der Waals surface area contributed by atoms with Crippen molar-refractivity contribution >= 4 is 34.3 Å². The lowest BCUT2D eigenvalue weighted by Crippen LogP contribution is -1.93. The van der Waals surface area contributed by atoms with E-state index in [1.807, 2.05) is 0 Å². The van der Waals surface area contributed by atoms with Crippen LogP contribution in [0.25, 0.3) is 0 Å². The highest BCUT2D eigenvalue weighted by Gasteiger charge is 2.07. The molecular weight excluding hydrogens is 209 g/mol. The van der Waals surface area contributed by atoms with Gasteiger partial charge in [-0.2, -0.15) is 0 Å². The van der Waals surface area contributed by atoms with Crippen LogP contribution in [0.1, 0.15) is 0 Å². The average Bonchev–Trinajstić information content (AvgIpc) is 1.85. The molecule has 0 spiro atoms. The van der Waals surface area contributed by atoms with E-state index in [-0.39, 0.29) is 10.0 Å². The highest BCUT2D eigenvalue weighted by Crippen LogP contribution is 2.19. The van der Waals surface area contributed by atoms with E-state index in [4.69, 9.17) is 27.8 Å². The first-order chi connectivity index (χ1) is 5.11. The number of aromatic nitrogens is 1. The van der Waals surface area contributed by atoms with Gasteiger partial charge in [-0.3, -0.25) is 0 Å². The number of pyridine rings is 1. The summed E-state index contributed by atoms with van der Waals surface area (Å²) in [6.45, 7) is 0. The van der Waals surface area contributed by atoms with E-state index in [1.54, 1.807) is 0 Å². The fourth-order valence-electron chi connectivity index (χ4n) is 0.531. The first kappa shape index (κ1) is 8.93.